The van der Waals surface area contributed by atoms with E-state index < -0.39 is 11.6 Å². The van der Waals surface area contributed by atoms with Crippen LogP contribution in [0.2, 0.25) is 0 Å². The van der Waals surface area contributed by atoms with E-state index in [9.17, 15) is 13.9 Å². The molecule has 0 saturated carbocycles. The molecule has 2 nitrogen and oxygen atoms in total. The smallest absolute Gasteiger partial charge is 0.159 e. The predicted molar refractivity (Wildman–Crippen MR) is 75.5 cm³/mol. The molecule has 0 bridgehead atoms. The molecule has 0 aromatic heterocycles. The molecule has 0 aliphatic heterocycles. The third kappa shape index (κ3) is 5.09. The van der Waals surface area contributed by atoms with Gasteiger partial charge < -0.3 is 10.4 Å². The lowest BCUT2D eigenvalue weighted by Gasteiger charge is -2.31. The van der Waals surface area contributed by atoms with Crippen molar-refractivity contribution in [1.82, 2.24) is 5.32 Å². The topological polar surface area (TPSA) is 32.3 Å². The van der Waals surface area contributed by atoms with E-state index in [1.54, 1.807) is 6.07 Å². The zero-order valence-electron chi connectivity index (χ0n) is 11.5. The first-order valence-electron chi connectivity index (χ1n) is 6.38. The number of thioether (sulfide) groups is 1. The number of nitrogens with one attached hydrogen (secondary N) is 1. The summed E-state index contributed by atoms with van der Waals surface area (Å²) in [6, 6.07) is 3.92. The molecule has 0 spiro atoms. The Balaban J connectivity index is 2.63. The number of halogens is 2. The lowest BCUT2D eigenvalue weighted by Crippen LogP contribution is -2.47. The number of rotatable bonds is 7. The van der Waals surface area contributed by atoms with Crippen LogP contribution in [0.3, 0.4) is 0 Å². The molecule has 108 valence electrons. The second-order valence-corrected chi connectivity index (χ2v) is 6.47. The average Bonchev–Trinajstić information content (AvgIpc) is 2.34. The normalized spacial score (nSPS) is 16.1. The van der Waals surface area contributed by atoms with Crippen LogP contribution in [0, 0.1) is 11.6 Å². The molecular weight excluding hydrogens is 268 g/mol. The minimum absolute atomic E-state index is 0.0452. The van der Waals surface area contributed by atoms with Crippen LogP contribution in [0.4, 0.5) is 8.78 Å². The molecule has 2 unspecified atom stereocenters. The lowest BCUT2D eigenvalue weighted by molar-refractivity contribution is 0.168. The van der Waals surface area contributed by atoms with Gasteiger partial charge in [-0.1, -0.05) is 13.8 Å². The van der Waals surface area contributed by atoms with Crippen LogP contribution in [0.5, 0.6) is 0 Å². The Morgan fingerprint density at radius 3 is 2.58 bits per heavy atom. The summed E-state index contributed by atoms with van der Waals surface area (Å²) in [7, 11) is 0. The molecule has 19 heavy (non-hydrogen) atoms. The second kappa shape index (κ2) is 7.22. The molecule has 0 amide bonds. The van der Waals surface area contributed by atoms with Crippen LogP contribution in [-0.4, -0.2) is 29.0 Å². The van der Waals surface area contributed by atoms with Crippen LogP contribution in [0.1, 0.15) is 27.2 Å². The molecule has 0 fully saturated rings. The summed E-state index contributed by atoms with van der Waals surface area (Å²) in [4.78, 5) is 0.697. The van der Waals surface area contributed by atoms with Gasteiger partial charge in [-0.05, 0) is 38.1 Å². The van der Waals surface area contributed by atoms with Gasteiger partial charge in [0.2, 0.25) is 0 Å². The maximum Gasteiger partial charge on any atom is 0.159 e. The van der Waals surface area contributed by atoms with Gasteiger partial charge in [0.1, 0.15) is 0 Å². The molecule has 5 heteroatoms. The first-order chi connectivity index (χ1) is 8.90. The minimum Gasteiger partial charge on any atom is -0.394 e. The van der Waals surface area contributed by atoms with Gasteiger partial charge in [0.15, 0.2) is 11.6 Å². The zero-order chi connectivity index (χ0) is 14.5. The Bertz CT molecular complexity index is 416. The largest absolute Gasteiger partial charge is 0.394 e. The van der Waals surface area contributed by atoms with Crippen molar-refractivity contribution in [2.45, 2.75) is 42.9 Å². The highest BCUT2D eigenvalue weighted by molar-refractivity contribution is 7.99. The quantitative estimate of drug-likeness (QED) is 0.756. The second-order valence-electron chi connectivity index (χ2n) is 4.96. The lowest BCUT2D eigenvalue weighted by atomic mass is 9.97. The fraction of sp³-hybridized carbons (Fsp3) is 0.571. The summed E-state index contributed by atoms with van der Waals surface area (Å²) >= 11 is 1.48. The van der Waals surface area contributed by atoms with E-state index in [1.807, 2.05) is 20.8 Å². The Morgan fingerprint density at radius 2 is 2.05 bits per heavy atom. The molecule has 2 atom stereocenters. The van der Waals surface area contributed by atoms with Gasteiger partial charge in [0.05, 0.1) is 6.61 Å². The predicted octanol–water partition coefficient (Wildman–Crippen LogP) is 3.20. The van der Waals surface area contributed by atoms with Crippen molar-refractivity contribution in [3.05, 3.63) is 29.8 Å². The number of hydrogen-bond donors (Lipinski definition) is 2. The van der Waals surface area contributed by atoms with Crippen molar-refractivity contribution in [1.29, 1.82) is 0 Å². The summed E-state index contributed by atoms with van der Waals surface area (Å²) in [6.45, 7) is 6.78. The zero-order valence-corrected chi connectivity index (χ0v) is 12.4. The van der Waals surface area contributed by atoms with Crippen molar-refractivity contribution >= 4 is 11.8 Å². The minimum atomic E-state index is -0.829. The molecule has 0 aliphatic rings. The first-order valence-corrected chi connectivity index (χ1v) is 7.26. The van der Waals surface area contributed by atoms with Crippen molar-refractivity contribution in [2.24, 2.45) is 0 Å². The van der Waals surface area contributed by atoms with E-state index >= 15 is 0 Å². The molecule has 1 aromatic carbocycles. The van der Waals surface area contributed by atoms with E-state index in [2.05, 4.69) is 5.32 Å². The summed E-state index contributed by atoms with van der Waals surface area (Å²) in [5.74, 6) is -1.65. The monoisotopic (exact) mass is 289 g/mol. The van der Waals surface area contributed by atoms with Crippen LogP contribution < -0.4 is 5.32 Å². The molecule has 0 saturated heterocycles. The maximum absolute atomic E-state index is 13.1. The number of aliphatic hydroxyl groups excluding tert-OH is 1. The highest BCUT2D eigenvalue weighted by Crippen LogP contribution is 2.29. The maximum atomic E-state index is 13.1. The van der Waals surface area contributed by atoms with Gasteiger partial charge in [-0.25, -0.2) is 8.78 Å². The molecule has 1 rings (SSSR count). The average molecular weight is 289 g/mol. The molecule has 0 heterocycles. The van der Waals surface area contributed by atoms with Crippen LogP contribution in [0.15, 0.2) is 23.1 Å². The van der Waals surface area contributed by atoms with Gasteiger partial charge in [-0.2, -0.15) is 0 Å². The third-order valence-electron chi connectivity index (χ3n) is 2.92. The van der Waals surface area contributed by atoms with E-state index in [4.69, 9.17) is 0 Å². The van der Waals surface area contributed by atoms with Crippen LogP contribution in [-0.2, 0) is 0 Å². The van der Waals surface area contributed by atoms with Gasteiger partial charge in [0.25, 0.3) is 0 Å². The van der Waals surface area contributed by atoms with Crippen LogP contribution in [0.25, 0.3) is 0 Å². The molecule has 1 aromatic rings. The van der Waals surface area contributed by atoms with Crippen molar-refractivity contribution in [3.63, 3.8) is 0 Å². The summed E-state index contributed by atoms with van der Waals surface area (Å²) < 4.78 is 25.9. The van der Waals surface area contributed by atoms with Gasteiger partial charge in [-0.3, -0.25) is 0 Å². The molecule has 2 N–H and O–H groups in total. The van der Waals surface area contributed by atoms with E-state index in [-0.39, 0.29) is 17.4 Å². The number of likely N-dealkylation sites (N-methyl/N-ethyl adjacent to an activating group) is 1. The SMILES string of the molecule is CCNC(C)(CO)CC(C)Sc1ccc(F)c(F)c1. The van der Waals surface area contributed by atoms with E-state index in [0.29, 0.717) is 4.90 Å². The first kappa shape index (κ1) is 16.4. The standard InChI is InChI=1S/C14H21F2NOS/c1-4-17-14(3,9-18)8-10(2)19-11-5-6-12(15)13(16)7-11/h5-7,10,17-18H,4,8-9H2,1-3H3. The Kier molecular flexibility index (Phi) is 6.23. The van der Waals surface area contributed by atoms with Gasteiger partial charge in [0, 0.05) is 15.7 Å². The Hall–Kier alpha value is -0.650. The number of hydrogen-bond acceptors (Lipinski definition) is 3. The summed E-state index contributed by atoms with van der Waals surface area (Å²) in [6.07, 6.45) is 0.737. The third-order valence-corrected chi connectivity index (χ3v) is 4.01. The molecule has 0 radical (unpaired) electrons. The Morgan fingerprint density at radius 1 is 1.37 bits per heavy atom. The van der Waals surface area contributed by atoms with E-state index in [0.717, 1.165) is 19.0 Å². The van der Waals surface area contributed by atoms with Crippen LogP contribution >= 0.6 is 11.8 Å². The van der Waals surface area contributed by atoms with Gasteiger partial charge in [-0.15, -0.1) is 11.8 Å². The van der Waals surface area contributed by atoms with Crippen molar-refractivity contribution in [2.75, 3.05) is 13.2 Å². The molecule has 0 aliphatic carbocycles. The fourth-order valence-electron chi connectivity index (χ4n) is 2.08. The fourth-order valence-corrected chi connectivity index (χ4v) is 3.31. The van der Waals surface area contributed by atoms with Crippen molar-refractivity contribution in [3.8, 4) is 0 Å². The summed E-state index contributed by atoms with van der Waals surface area (Å²) in [5, 5.41) is 12.9. The van der Waals surface area contributed by atoms with E-state index in [1.165, 1.54) is 17.8 Å². The summed E-state index contributed by atoms with van der Waals surface area (Å²) in [5.41, 5.74) is -0.347. The van der Waals surface area contributed by atoms with Crippen molar-refractivity contribution < 1.29 is 13.9 Å². The van der Waals surface area contributed by atoms with Gasteiger partial charge >= 0.3 is 0 Å². The highest BCUT2D eigenvalue weighted by atomic mass is 32.2. The number of aliphatic hydroxyl groups is 1. The molecular formula is C14H21F2NOS. The Labute approximate surface area is 117 Å². The highest BCUT2D eigenvalue weighted by Gasteiger charge is 2.25. The number of benzene rings is 1.